The van der Waals surface area contributed by atoms with E-state index in [9.17, 15) is 0 Å². The summed E-state index contributed by atoms with van der Waals surface area (Å²) in [4.78, 5) is 2.49. The van der Waals surface area contributed by atoms with Gasteiger partial charge in [-0.1, -0.05) is 51.1 Å². The van der Waals surface area contributed by atoms with Gasteiger partial charge in [0.2, 0.25) is 0 Å². The van der Waals surface area contributed by atoms with Crippen LogP contribution in [0.2, 0.25) is 0 Å². The van der Waals surface area contributed by atoms with Gasteiger partial charge in [-0.15, -0.1) is 0 Å². The van der Waals surface area contributed by atoms with E-state index in [4.69, 9.17) is 4.74 Å². The smallest absolute Gasteiger partial charge is 0.0956 e. The zero-order chi connectivity index (χ0) is 17.2. The van der Waals surface area contributed by atoms with Gasteiger partial charge in [0.1, 0.15) is 0 Å². The second kappa shape index (κ2) is 7.08. The van der Waals surface area contributed by atoms with E-state index in [0.717, 1.165) is 31.9 Å². The molecule has 0 aliphatic carbocycles. The lowest BCUT2D eigenvalue weighted by atomic mass is 9.87. The first-order chi connectivity index (χ1) is 11.5. The van der Waals surface area contributed by atoms with Crippen molar-refractivity contribution in [1.29, 1.82) is 0 Å². The van der Waals surface area contributed by atoms with Crippen molar-refractivity contribution in [2.24, 2.45) is 5.41 Å². The number of morpholine rings is 1. The molecular formula is C20H29N3O. The Balaban J connectivity index is 1.77. The summed E-state index contributed by atoms with van der Waals surface area (Å²) in [6.45, 7) is 12.6. The molecule has 1 aliphatic heterocycles. The average Bonchev–Trinajstić information content (AvgIpc) is 3.02. The molecule has 0 spiro atoms. The molecule has 1 aliphatic rings. The topological polar surface area (TPSA) is 30.3 Å². The van der Waals surface area contributed by atoms with Crippen LogP contribution < -0.4 is 0 Å². The van der Waals surface area contributed by atoms with E-state index >= 15 is 0 Å². The molecule has 24 heavy (non-hydrogen) atoms. The highest BCUT2D eigenvalue weighted by molar-refractivity contribution is 5.19. The van der Waals surface area contributed by atoms with Crippen LogP contribution in [0.15, 0.2) is 42.6 Å². The predicted octanol–water partition coefficient (Wildman–Crippen LogP) is 3.89. The van der Waals surface area contributed by atoms with E-state index < -0.39 is 0 Å². The van der Waals surface area contributed by atoms with Gasteiger partial charge in [0, 0.05) is 32.4 Å². The van der Waals surface area contributed by atoms with E-state index in [1.165, 1.54) is 5.56 Å². The zero-order valence-electron chi connectivity index (χ0n) is 15.3. The maximum atomic E-state index is 6.46. The lowest BCUT2D eigenvalue weighted by molar-refractivity contribution is -0.131. The first-order valence-corrected chi connectivity index (χ1v) is 8.91. The van der Waals surface area contributed by atoms with E-state index in [2.05, 4.69) is 80.3 Å². The molecule has 1 saturated heterocycles. The predicted molar refractivity (Wildman–Crippen MR) is 96.7 cm³/mol. The van der Waals surface area contributed by atoms with Gasteiger partial charge in [-0.05, 0) is 24.0 Å². The summed E-state index contributed by atoms with van der Waals surface area (Å²) >= 11 is 0. The summed E-state index contributed by atoms with van der Waals surface area (Å²) in [7, 11) is 0. The van der Waals surface area contributed by atoms with Gasteiger partial charge in [-0.25, -0.2) is 0 Å². The van der Waals surface area contributed by atoms with Crippen molar-refractivity contribution in [3.05, 3.63) is 53.9 Å². The number of benzene rings is 1. The van der Waals surface area contributed by atoms with Gasteiger partial charge in [0.05, 0.1) is 17.9 Å². The first kappa shape index (κ1) is 17.2. The van der Waals surface area contributed by atoms with Gasteiger partial charge in [0.15, 0.2) is 0 Å². The molecule has 0 unspecified atom stereocenters. The Labute approximate surface area is 145 Å². The number of ether oxygens (including phenoxy) is 1. The molecule has 4 nitrogen and oxygen atoms in total. The maximum Gasteiger partial charge on any atom is 0.0956 e. The van der Waals surface area contributed by atoms with Crippen molar-refractivity contribution >= 4 is 0 Å². The van der Waals surface area contributed by atoms with E-state index in [-0.39, 0.29) is 17.6 Å². The Morgan fingerprint density at radius 3 is 2.50 bits per heavy atom. The molecule has 130 valence electrons. The number of aryl methyl sites for hydroxylation is 1. The summed E-state index contributed by atoms with van der Waals surface area (Å²) in [5, 5.41) is 4.64. The van der Waals surface area contributed by atoms with E-state index in [1.807, 2.05) is 4.68 Å². The minimum atomic E-state index is 0.120. The molecule has 1 aromatic heterocycles. The van der Waals surface area contributed by atoms with Gasteiger partial charge in [0.25, 0.3) is 0 Å². The van der Waals surface area contributed by atoms with Crippen LogP contribution in [0.25, 0.3) is 0 Å². The summed E-state index contributed by atoms with van der Waals surface area (Å²) in [6.07, 6.45) is 2.40. The fourth-order valence-corrected chi connectivity index (χ4v) is 3.18. The second-order valence-corrected chi connectivity index (χ2v) is 7.75. The highest BCUT2D eigenvalue weighted by atomic mass is 16.5. The van der Waals surface area contributed by atoms with Gasteiger partial charge in [-0.2, -0.15) is 5.10 Å². The second-order valence-electron chi connectivity index (χ2n) is 7.75. The number of hydrogen-bond acceptors (Lipinski definition) is 3. The van der Waals surface area contributed by atoms with Crippen LogP contribution in [-0.4, -0.2) is 33.9 Å². The van der Waals surface area contributed by atoms with E-state index in [1.54, 1.807) is 0 Å². The molecule has 2 atom stereocenters. The fourth-order valence-electron chi connectivity index (χ4n) is 3.18. The number of aromatic nitrogens is 2. The van der Waals surface area contributed by atoms with Gasteiger partial charge >= 0.3 is 0 Å². The molecule has 0 saturated carbocycles. The highest BCUT2D eigenvalue weighted by Gasteiger charge is 2.35. The molecule has 0 bridgehead atoms. The summed E-state index contributed by atoms with van der Waals surface area (Å²) in [6, 6.07) is 12.7. The summed E-state index contributed by atoms with van der Waals surface area (Å²) < 4.78 is 8.46. The lowest BCUT2D eigenvalue weighted by Gasteiger charge is -2.43. The SMILES string of the molecule is CCn1ccc(CN2C[C@@H](c3ccccc3)O[C@@H](C(C)(C)C)C2)n1. The minimum Gasteiger partial charge on any atom is -0.367 e. The van der Waals surface area contributed by atoms with Gasteiger partial charge < -0.3 is 4.74 Å². The molecule has 0 N–H and O–H groups in total. The summed E-state index contributed by atoms with van der Waals surface area (Å²) in [5.41, 5.74) is 2.52. The standard InChI is InChI=1S/C20H29N3O/c1-5-23-12-11-17(21-23)13-22-14-18(16-9-7-6-8-10-16)24-19(15-22)20(2,3)4/h6-12,18-19H,5,13-15H2,1-4H3/t18-,19+/m0/s1. The van der Waals surface area contributed by atoms with Crippen LogP contribution in [0.1, 0.15) is 45.1 Å². The van der Waals surface area contributed by atoms with Gasteiger partial charge in [-0.3, -0.25) is 9.58 Å². The Bertz CT molecular complexity index is 644. The Kier molecular flexibility index (Phi) is 5.07. The molecule has 1 fully saturated rings. The first-order valence-electron chi connectivity index (χ1n) is 8.91. The van der Waals surface area contributed by atoms with Crippen LogP contribution in [0.5, 0.6) is 0 Å². The van der Waals surface area contributed by atoms with Crippen molar-refractivity contribution in [2.75, 3.05) is 13.1 Å². The van der Waals surface area contributed by atoms with Crippen LogP contribution in [-0.2, 0) is 17.8 Å². The molecule has 3 rings (SSSR count). The van der Waals surface area contributed by atoms with Crippen molar-refractivity contribution in [3.8, 4) is 0 Å². The minimum absolute atomic E-state index is 0.120. The van der Waals surface area contributed by atoms with Crippen LogP contribution >= 0.6 is 0 Å². The third-order valence-corrected chi connectivity index (χ3v) is 4.72. The molecule has 2 aromatic rings. The van der Waals surface area contributed by atoms with Crippen LogP contribution in [0.3, 0.4) is 0 Å². The third kappa shape index (κ3) is 4.05. The van der Waals surface area contributed by atoms with Crippen LogP contribution in [0, 0.1) is 5.41 Å². The molecule has 2 heterocycles. The zero-order valence-corrected chi connectivity index (χ0v) is 15.3. The Hall–Kier alpha value is -1.65. The van der Waals surface area contributed by atoms with Crippen molar-refractivity contribution in [2.45, 2.75) is 53.0 Å². The number of hydrogen-bond donors (Lipinski definition) is 0. The normalized spacial score (nSPS) is 22.7. The van der Waals surface area contributed by atoms with Crippen molar-refractivity contribution in [1.82, 2.24) is 14.7 Å². The lowest BCUT2D eigenvalue weighted by Crippen LogP contribution is -2.48. The number of nitrogens with zero attached hydrogens (tertiary/aromatic N) is 3. The largest absolute Gasteiger partial charge is 0.367 e. The monoisotopic (exact) mass is 327 g/mol. The van der Waals surface area contributed by atoms with Crippen molar-refractivity contribution < 1.29 is 4.74 Å². The molecule has 1 aromatic carbocycles. The maximum absolute atomic E-state index is 6.46. The Morgan fingerprint density at radius 2 is 1.88 bits per heavy atom. The fraction of sp³-hybridized carbons (Fsp3) is 0.550. The Morgan fingerprint density at radius 1 is 1.12 bits per heavy atom. The molecule has 0 amide bonds. The van der Waals surface area contributed by atoms with Crippen molar-refractivity contribution in [3.63, 3.8) is 0 Å². The average molecular weight is 327 g/mol. The summed E-state index contributed by atoms with van der Waals surface area (Å²) in [5.74, 6) is 0. The third-order valence-electron chi connectivity index (χ3n) is 4.72. The molecule has 4 heteroatoms. The number of rotatable bonds is 4. The highest BCUT2D eigenvalue weighted by Crippen LogP contribution is 2.33. The molecular weight excluding hydrogens is 298 g/mol. The molecule has 0 radical (unpaired) electrons. The van der Waals surface area contributed by atoms with E-state index in [0.29, 0.717) is 0 Å². The van der Waals surface area contributed by atoms with Crippen LogP contribution in [0.4, 0.5) is 0 Å². The quantitative estimate of drug-likeness (QED) is 0.853.